The van der Waals surface area contributed by atoms with E-state index in [0.717, 1.165) is 0 Å². The molecule has 0 aliphatic rings. The van der Waals surface area contributed by atoms with E-state index in [1.807, 2.05) is 0 Å². The SMILES string of the molecule is CCN(C)C(=O)C=O. The van der Waals surface area contributed by atoms with Gasteiger partial charge in [-0.1, -0.05) is 0 Å². The number of hydrogen-bond acceptors (Lipinski definition) is 2. The Bertz CT molecular complexity index is 101. The van der Waals surface area contributed by atoms with Gasteiger partial charge in [-0.2, -0.15) is 0 Å². The van der Waals surface area contributed by atoms with Crippen LogP contribution in [0.15, 0.2) is 0 Å². The normalized spacial score (nSPS) is 8.25. The van der Waals surface area contributed by atoms with Crippen LogP contribution in [0.4, 0.5) is 0 Å². The van der Waals surface area contributed by atoms with Crippen molar-refractivity contribution in [3.8, 4) is 0 Å². The molecular formula is C5H9NO2. The Kier molecular flexibility index (Phi) is 2.84. The molecule has 0 fully saturated rings. The van der Waals surface area contributed by atoms with Crippen LogP contribution in [0.1, 0.15) is 6.92 Å². The van der Waals surface area contributed by atoms with Crippen molar-refractivity contribution in [1.82, 2.24) is 4.90 Å². The smallest absolute Gasteiger partial charge is 0.286 e. The van der Waals surface area contributed by atoms with Crippen molar-refractivity contribution in [3.63, 3.8) is 0 Å². The molecule has 0 aromatic heterocycles. The standard InChI is InChI=1S/C5H9NO2/c1-3-6(2)5(8)4-7/h4H,3H2,1-2H3. The molecule has 0 saturated heterocycles. The molecule has 0 saturated carbocycles. The van der Waals surface area contributed by atoms with Gasteiger partial charge in [-0.25, -0.2) is 0 Å². The maximum Gasteiger partial charge on any atom is 0.286 e. The zero-order chi connectivity index (χ0) is 6.57. The van der Waals surface area contributed by atoms with Crippen LogP contribution in [0.2, 0.25) is 0 Å². The molecule has 0 aromatic carbocycles. The molecule has 0 spiro atoms. The average molecular weight is 115 g/mol. The number of nitrogens with zero attached hydrogens (tertiary/aromatic N) is 1. The highest BCUT2D eigenvalue weighted by Crippen LogP contribution is 1.76. The number of carbonyl (C=O) groups excluding carboxylic acids is 2. The second kappa shape index (κ2) is 3.18. The molecule has 0 atom stereocenters. The highest BCUT2D eigenvalue weighted by atomic mass is 16.2. The van der Waals surface area contributed by atoms with Gasteiger partial charge in [0.1, 0.15) is 0 Å². The van der Waals surface area contributed by atoms with Crippen molar-refractivity contribution in [2.45, 2.75) is 6.92 Å². The summed E-state index contributed by atoms with van der Waals surface area (Å²) in [6.07, 6.45) is 0.309. The summed E-state index contributed by atoms with van der Waals surface area (Å²) in [5.74, 6) is -0.465. The van der Waals surface area contributed by atoms with Crippen molar-refractivity contribution in [2.24, 2.45) is 0 Å². The van der Waals surface area contributed by atoms with Gasteiger partial charge in [0.15, 0.2) is 0 Å². The number of hydrogen-bond donors (Lipinski definition) is 0. The molecule has 0 heterocycles. The first-order valence-electron chi connectivity index (χ1n) is 2.42. The maximum atomic E-state index is 10.3. The zero-order valence-electron chi connectivity index (χ0n) is 5.05. The Morgan fingerprint density at radius 1 is 1.75 bits per heavy atom. The molecular weight excluding hydrogens is 106 g/mol. The van der Waals surface area contributed by atoms with Gasteiger partial charge >= 0.3 is 0 Å². The largest absolute Gasteiger partial charge is 0.340 e. The zero-order valence-corrected chi connectivity index (χ0v) is 5.05. The van der Waals surface area contributed by atoms with E-state index in [1.54, 1.807) is 14.0 Å². The minimum absolute atomic E-state index is 0.309. The number of aldehydes is 1. The first kappa shape index (κ1) is 7.14. The summed E-state index contributed by atoms with van der Waals surface area (Å²) in [5, 5.41) is 0. The van der Waals surface area contributed by atoms with Gasteiger partial charge in [-0.3, -0.25) is 9.59 Å². The first-order valence-corrected chi connectivity index (χ1v) is 2.42. The summed E-state index contributed by atoms with van der Waals surface area (Å²) in [6, 6.07) is 0. The van der Waals surface area contributed by atoms with Crippen LogP contribution >= 0.6 is 0 Å². The maximum absolute atomic E-state index is 10.3. The van der Waals surface area contributed by atoms with Gasteiger partial charge in [0.25, 0.3) is 5.91 Å². The van der Waals surface area contributed by atoms with Gasteiger partial charge in [-0.05, 0) is 6.92 Å². The van der Waals surface area contributed by atoms with E-state index in [9.17, 15) is 9.59 Å². The lowest BCUT2D eigenvalue weighted by molar-refractivity contribution is -0.137. The number of carbonyl (C=O) groups is 2. The minimum atomic E-state index is -0.465. The molecule has 3 heteroatoms. The average Bonchev–Trinajstić information content (AvgIpc) is 1.84. The van der Waals surface area contributed by atoms with E-state index in [0.29, 0.717) is 12.8 Å². The summed E-state index contributed by atoms with van der Waals surface area (Å²) < 4.78 is 0. The van der Waals surface area contributed by atoms with E-state index >= 15 is 0 Å². The van der Waals surface area contributed by atoms with Crippen molar-refractivity contribution in [3.05, 3.63) is 0 Å². The number of likely N-dealkylation sites (N-methyl/N-ethyl adjacent to an activating group) is 1. The van der Waals surface area contributed by atoms with Crippen molar-refractivity contribution < 1.29 is 9.59 Å². The molecule has 46 valence electrons. The van der Waals surface area contributed by atoms with E-state index in [2.05, 4.69) is 0 Å². The predicted molar refractivity (Wildman–Crippen MR) is 29.4 cm³/mol. The van der Waals surface area contributed by atoms with Crippen molar-refractivity contribution in [2.75, 3.05) is 13.6 Å². The van der Waals surface area contributed by atoms with Gasteiger partial charge in [0, 0.05) is 13.6 Å². The molecule has 8 heavy (non-hydrogen) atoms. The number of rotatable bonds is 2. The molecule has 0 rings (SSSR count). The van der Waals surface area contributed by atoms with Crippen LogP contribution in [-0.4, -0.2) is 30.7 Å². The fourth-order valence-corrected chi connectivity index (χ4v) is 0.246. The molecule has 0 aliphatic heterocycles. The van der Waals surface area contributed by atoms with Gasteiger partial charge in [0.2, 0.25) is 6.29 Å². The molecule has 0 bridgehead atoms. The summed E-state index contributed by atoms with van der Waals surface area (Å²) >= 11 is 0. The third kappa shape index (κ3) is 1.73. The predicted octanol–water partition coefficient (Wildman–Crippen LogP) is -0.336. The Morgan fingerprint density at radius 3 is 2.38 bits per heavy atom. The van der Waals surface area contributed by atoms with E-state index < -0.39 is 5.91 Å². The van der Waals surface area contributed by atoms with Crippen LogP contribution < -0.4 is 0 Å². The lowest BCUT2D eigenvalue weighted by Gasteiger charge is -2.07. The minimum Gasteiger partial charge on any atom is -0.340 e. The van der Waals surface area contributed by atoms with Crippen LogP contribution in [0.3, 0.4) is 0 Å². The summed E-state index contributed by atoms with van der Waals surface area (Å²) in [6.45, 7) is 2.39. The lowest BCUT2D eigenvalue weighted by atomic mass is 10.5. The summed E-state index contributed by atoms with van der Waals surface area (Å²) in [4.78, 5) is 21.4. The van der Waals surface area contributed by atoms with Crippen LogP contribution in [-0.2, 0) is 9.59 Å². The molecule has 3 nitrogen and oxygen atoms in total. The van der Waals surface area contributed by atoms with Gasteiger partial charge in [0.05, 0.1) is 0 Å². The van der Waals surface area contributed by atoms with E-state index in [4.69, 9.17) is 0 Å². The molecule has 0 aliphatic carbocycles. The van der Waals surface area contributed by atoms with Gasteiger partial charge < -0.3 is 4.90 Å². The van der Waals surface area contributed by atoms with Crippen LogP contribution in [0.25, 0.3) is 0 Å². The fourth-order valence-electron chi connectivity index (χ4n) is 0.246. The van der Waals surface area contributed by atoms with Gasteiger partial charge in [-0.15, -0.1) is 0 Å². The quantitative estimate of drug-likeness (QED) is 0.365. The summed E-state index contributed by atoms with van der Waals surface area (Å²) in [5.41, 5.74) is 0. The second-order valence-corrected chi connectivity index (χ2v) is 1.47. The molecule has 1 amide bonds. The molecule has 0 aromatic rings. The van der Waals surface area contributed by atoms with E-state index in [1.165, 1.54) is 4.90 Å². The Hall–Kier alpha value is -0.860. The Morgan fingerprint density at radius 2 is 2.25 bits per heavy atom. The topological polar surface area (TPSA) is 37.4 Å². The van der Waals surface area contributed by atoms with E-state index in [-0.39, 0.29) is 0 Å². The highest BCUT2D eigenvalue weighted by molar-refractivity contribution is 6.23. The third-order valence-electron chi connectivity index (χ3n) is 0.951. The molecule has 0 radical (unpaired) electrons. The molecule has 0 unspecified atom stereocenters. The van der Waals surface area contributed by atoms with Crippen LogP contribution in [0.5, 0.6) is 0 Å². The Labute approximate surface area is 48.3 Å². The van der Waals surface area contributed by atoms with Crippen molar-refractivity contribution >= 4 is 12.2 Å². The first-order chi connectivity index (χ1) is 3.72. The lowest BCUT2D eigenvalue weighted by Crippen LogP contribution is -2.26. The third-order valence-corrected chi connectivity index (χ3v) is 0.951. The monoisotopic (exact) mass is 115 g/mol. The highest BCUT2D eigenvalue weighted by Gasteiger charge is 2.00. The Balaban J connectivity index is 3.62. The van der Waals surface area contributed by atoms with Crippen molar-refractivity contribution in [1.29, 1.82) is 0 Å². The van der Waals surface area contributed by atoms with Crippen LogP contribution in [0, 0.1) is 0 Å². The summed E-state index contributed by atoms with van der Waals surface area (Å²) in [7, 11) is 1.58. The fraction of sp³-hybridized carbons (Fsp3) is 0.600. The second-order valence-electron chi connectivity index (χ2n) is 1.47. The molecule has 0 N–H and O–H groups in total. The number of amides is 1.